The number of benzene rings is 1. The lowest BCUT2D eigenvalue weighted by Gasteiger charge is -2.20. The van der Waals surface area contributed by atoms with Crippen molar-refractivity contribution >= 4 is 21.6 Å². The SMILES string of the molecule is CCN(c1ccc(OCC(=O)N[C@H](C)COC)cc1)S(C)(=O)=O. The fourth-order valence-electron chi connectivity index (χ4n) is 2.07. The van der Waals surface area contributed by atoms with Gasteiger partial charge in [-0.25, -0.2) is 8.42 Å². The molecule has 0 fully saturated rings. The lowest BCUT2D eigenvalue weighted by molar-refractivity contribution is -0.124. The number of hydrogen-bond donors (Lipinski definition) is 1. The summed E-state index contributed by atoms with van der Waals surface area (Å²) >= 11 is 0. The third kappa shape index (κ3) is 6.45. The average molecular weight is 344 g/mol. The molecule has 130 valence electrons. The first-order valence-corrected chi connectivity index (χ1v) is 9.11. The predicted octanol–water partition coefficient (Wildman–Crippen LogP) is 1.00. The van der Waals surface area contributed by atoms with Gasteiger partial charge in [0.25, 0.3) is 5.91 Å². The lowest BCUT2D eigenvalue weighted by atomic mass is 10.3. The molecule has 0 aliphatic heterocycles. The molecule has 1 rings (SSSR count). The second kappa shape index (κ2) is 8.73. The summed E-state index contributed by atoms with van der Waals surface area (Å²) in [5, 5.41) is 2.73. The number of ether oxygens (including phenoxy) is 2. The van der Waals surface area contributed by atoms with Gasteiger partial charge < -0.3 is 14.8 Å². The molecule has 1 aromatic rings. The molecule has 0 spiro atoms. The highest BCUT2D eigenvalue weighted by Gasteiger charge is 2.15. The van der Waals surface area contributed by atoms with E-state index in [1.165, 1.54) is 4.31 Å². The van der Waals surface area contributed by atoms with Crippen LogP contribution < -0.4 is 14.4 Å². The molecule has 1 atom stereocenters. The van der Waals surface area contributed by atoms with E-state index < -0.39 is 10.0 Å². The van der Waals surface area contributed by atoms with Crippen LogP contribution in [-0.2, 0) is 19.6 Å². The molecule has 0 aliphatic rings. The van der Waals surface area contributed by atoms with Gasteiger partial charge in [0.1, 0.15) is 5.75 Å². The van der Waals surface area contributed by atoms with E-state index in [4.69, 9.17) is 9.47 Å². The Kier molecular flexibility index (Phi) is 7.31. The highest BCUT2D eigenvalue weighted by atomic mass is 32.2. The molecule has 0 unspecified atom stereocenters. The topological polar surface area (TPSA) is 84.9 Å². The van der Waals surface area contributed by atoms with Crippen molar-refractivity contribution in [1.82, 2.24) is 5.32 Å². The van der Waals surface area contributed by atoms with Crippen LogP contribution in [0.25, 0.3) is 0 Å². The van der Waals surface area contributed by atoms with E-state index in [2.05, 4.69) is 5.32 Å². The van der Waals surface area contributed by atoms with Crippen molar-refractivity contribution in [2.45, 2.75) is 19.9 Å². The quantitative estimate of drug-likeness (QED) is 0.722. The van der Waals surface area contributed by atoms with Gasteiger partial charge in [0, 0.05) is 19.7 Å². The summed E-state index contributed by atoms with van der Waals surface area (Å²) in [6.07, 6.45) is 1.16. The van der Waals surface area contributed by atoms with E-state index in [1.54, 1.807) is 38.3 Å². The molecular formula is C15H24N2O5S. The summed E-state index contributed by atoms with van der Waals surface area (Å²) < 4.78 is 34.9. The maximum atomic E-state index is 11.7. The van der Waals surface area contributed by atoms with Crippen LogP contribution in [0.2, 0.25) is 0 Å². The van der Waals surface area contributed by atoms with Crippen LogP contribution in [0.5, 0.6) is 5.75 Å². The van der Waals surface area contributed by atoms with Crippen LogP contribution in [-0.4, -0.2) is 53.5 Å². The fraction of sp³-hybridized carbons (Fsp3) is 0.533. The summed E-state index contributed by atoms with van der Waals surface area (Å²) in [6.45, 7) is 4.26. The summed E-state index contributed by atoms with van der Waals surface area (Å²) in [5.74, 6) is 0.248. The van der Waals surface area contributed by atoms with Crippen LogP contribution in [0.1, 0.15) is 13.8 Å². The zero-order chi connectivity index (χ0) is 17.5. The maximum Gasteiger partial charge on any atom is 0.258 e. The Labute approximate surface area is 137 Å². The first kappa shape index (κ1) is 19.2. The van der Waals surface area contributed by atoms with Crippen molar-refractivity contribution < 1.29 is 22.7 Å². The predicted molar refractivity (Wildman–Crippen MR) is 89.3 cm³/mol. The summed E-state index contributed by atoms with van der Waals surface area (Å²) in [5.41, 5.74) is 0.556. The summed E-state index contributed by atoms with van der Waals surface area (Å²) in [4.78, 5) is 11.7. The van der Waals surface area contributed by atoms with E-state index in [0.29, 0.717) is 24.6 Å². The van der Waals surface area contributed by atoms with Gasteiger partial charge in [-0.05, 0) is 38.1 Å². The molecule has 0 saturated carbocycles. The van der Waals surface area contributed by atoms with Crippen molar-refractivity contribution in [3.05, 3.63) is 24.3 Å². The third-order valence-corrected chi connectivity index (χ3v) is 4.28. The monoisotopic (exact) mass is 344 g/mol. The molecule has 0 heterocycles. The number of nitrogens with zero attached hydrogens (tertiary/aromatic N) is 1. The minimum atomic E-state index is -3.31. The zero-order valence-electron chi connectivity index (χ0n) is 13.9. The number of amides is 1. The van der Waals surface area contributed by atoms with Crippen LogP contribution in [0.3, 0.4) is 0 Å². The zero-order valence-corrected chi connectivity index (χ0v) is 14.7. The fourth-order valence-corrected chi connectivity index (χ4v) is 3.05. The van der Waals surface area contributed by atoms with Crippen molar-refractivity contribution in [2.75, 3.05) is 37.4 Å². The molecule has 0 aromatic heterocycles. The first-order valence-electron chi connectivity index (χ1n) is 7.26. The van der Waals surface area contributed by atoms with Crippen molar-refractivity contribution in [1.29, 1.82) is 0 Å². The summed E-state index contributed by atoms with van der Waals surface area (Å²) in [7, 11) is -1.74. The summed E-state index contributed by atoms with van der Waals surface area (Å²) in [6, 6.07) is 6.46. The second-order valence-electron chi connectivity index (χ2n) is 5.13. The number of sulfonamides is 1. The highest BCUT2D eigenvalue weighted by molar-refractivity contribution is 7.92. The van der Waals surface area contributed by atoms with E-state index in [1.807, 2.05) is 6.92 Å². The smallest absolute Gasteiger partial charge is 0.258 e. The average Bonchev–Trinajstić information content (AvgIpc) is 2.46. The molecule has 1 amide bonds. The Morgan fingerprint density at radius 1 is 1.30 bits per heavy atom. The number of carbonyl (C=O) groups is 1. The van der Waals surface area contributed by atoms with Gasteiger partial charge in [-0.3, -0.25) is 9.10 Å². The number of carbonyl (C=O) groups excluding carboxylic acids is 1. The molecule has 0 bridgehead atoms. The van der Waals surface area contributed by atoms with E-state index in [-0.39, 0.29) is 18.6 Å². The third-order valence-electron chi connectivity index (χ3n) is 3.01. The molecule has 1 aromatic carbocycles. The van der Waals surface area contributed by atoms with E-state index in [9.17, 15) is 13.2 Å². The number of anilines is 1. The Bertz CT molecular complexity index is 601. The van der Waals surface area contributed by atoms with E-state index >= 15 is 0 Å². The Balaban J connectivity index is 2.59. The Morgan fingerprint density at radius 3 is 2.39 bits per heavy atom. The second-order valence-corrected chi connectivity index (χ2v) is 7.04. The molecule has 0 saturated heterocycles. The van der Waals surface area contributed by atoms with Gasteiger partial charge in [-0.1, -0.05) is 0 Å². The van der Waals surface area contributed by atoms with Crippen LogP contribution >= 0.6 is 0 Å². The largest absolute Gasteiger partial charge is 0.484 e. The molecule has 8 heteroatoms. The minimum absolute atomic E-state index is 0.0913. The molecular weight excluding hydrogens is 320 g/mol. The lowest BCUT2D eigenvalue weighted by Crippen LogP contribution is -2.38. The van der Waals surface area contributed by atoms with Crippen molar-refractivity contribution in [3.63, 3.8) is 0 Å². The van der Waals surface area contributed by atoms with Crippen molar-refractivity contribution in [2.24, 2.45) is 0 Å². The van der Waals surface area contributed by atoms with E-state index in [0.717, 1.165) is 6.26 Å². The molecule has 1 N–H and O–H groups in total. The van der Waals surface area contributed by atoms with Gasteiger partial charge in [-0.2, -0.15) is 0 Å². The van der Waals surface area contributed by atoms with Gasteiger partial charge in [-0.15, -0.1) is 0 Å². The molecule has 23 heavy (non-hydrogen) atoms. The van der Waals surface area contributed by atoms with Gasteiger partial charge in [0.15, 0.2) is 6.61 Å². The molecule has 0 radical (unpaired) electrons. The Morgan fingerprint density at radius 2 is 1.91 bits per heavy atom. The van der Waals surface area contributed by atoms with Gasteiger partial charge >= 0.3 is 0 Å². The standard InChI is InChI=1S/C15H24N2O5S/c1-5-17(23(4,19)20)13-6-8-14(9-7-13)22-11-15(18)16-12(2)10-21-3/h6-9,12H,5,10-11H2,1-4H3,(H,16,18)/t12-/m1/s1. The molecule has 7 nitrogen and oxygen atoms in total. The number of nitrogens with one attached hydrogen (secondary N) is 1. The highest BCUT2D eigenvalue weighted by Crippen LogP contribution is 2.21. The van der Waals surface area contributed by atoms with Crippen molar-refractivity contribution in [3.8, 4) is 5.75 Å². The normalized spacial score (nSPS) is 12.5. The van der Waals surface area contributed by atoms with Crippen LogP contribution in [0.4, 0.5) is 5.69 Å². The minimum Gasteiger partial charge on any atom is -0.484 e. The molecule has 0 aliphatic carbocycles. The van der Waals surface area contributed by atoms with Crippen LogP contribution in [0, 0.1) is 0 Å². The van der Waals surface area contributed by atoms with Crippen LogP contribution in [0.15, 0.2) is 24.3 Å². The van der Waals surface area contributed by atoms with Gasteiger partial charge in [0.05, 0.1) is 18.6 Å². The number of rotatable bonds is 9. The Hall–Kier alpha value is -1.80. The first-order chi connectivity index (χ1) is 10.8. The number of methoxy groups -OCH3 is 1. The van der Waals surface area contributed by atoms with Gasteiger partial charge in [0.2, 0.25) is 10.0 Å². The maximum absolute atomic E-state index is 11.7. The number of hydrogen-bond acceptors (Lipinski definition) is 5.